The summed E-state index contributed by atoms with van der Waals surface area (Å²) >= 11 is 0. The van der Waals surface area contributed by atoms with E-state index in [4.69, 9.17) is 0 Å². The van der Waals surface area contributed by atoms with E-state index in [0.717, 1.165) is 12.8 Å². The van der Waals surface area contributed by atoms with E-state index in [1.807, 2.05) is 0 Å². The zero-order valence-electron chi connectivity index (χ0n) is 11.4. The van der Waals surface area contributed by atoms with E-state index in [0.29, 0.717) is 5.92 Å². The molecule has 1 atom stereocenters. The van der Waals surface area contributed by atoms with E-state index >= 15 is 0 Å². The molecule has 0 aliphatic rings. The minimum atomic E-state index is 0.638. The lowest BCUT2D eigenvalue weighted by atomic mass is 9.89. The van der Waals surface area contributed by atoms with Gasteiger partial charge in [-0.25, -0.2) is 0 Å². The van der Waals surface area contributed by atoms with Gasteiger partial charge < -0.3 is 0 Å². The Morgan fingerprint density at radius 3 is 1.94 bits per heavy atom. The summed E-state index contributed by atoms with van der Waals surface area (Å²) in [4.78, 5) is 0. The van der Waals surface area contributed by atoms with Gasteiger partial charge in [0.1, 0.15) is 0 Å². The molecule has 0 amide bonds. The van der Waals surface area contributed by atoms with Gasteiger partial charge in [-0.2, -0.15) is 0 Å². The first-order valence-electron chi connectivity index (χ1n) is 6.96. The number of benzene rings is 2. The van der Waals surface area contributed by atoms with Crippen LogP contribution in [0, 0.1) is 0 Å². The Balaban J connectivity index is 2.10. The molecule has 0 heteroatoms. The van der Waals surface area contributed by atoms with Crippen LogP contribution < -0.4 is 0 Å². The molecule has 0 radical (unpaired) electrons. The van der Waals surface area contributed by atoms with Gasteiger partial charge in [0.2, 0.25) is 0 Å². The quantitative estimate of drug-likeness (QED) is 0.688. The molecule has 0 saturated heterocycles. The number of hydrogen-bond donors (Lipinski definition) is 0. The second kappa shape index (κ2) is 6.39. The predicted octanol–water partition coefficient (Wildman–Crippen LogP) is 4.99. The maximum atomic E-state index is 2.28. The van der Waals surface area contributed by atoms with Crippen LogP contribution in [-0.4, -0.2) is 0 Å². The van der Waals surface area contributed by atoms with Crippen LogP contribution in [0.4, 0.5) is 0 Å². The highest BCUT2D eigenvalue weighted by atomic mass is 14.1. The molecule has 0 saturated carbocycles. The molecular weight excluding hydrogens is 216 g/mol. The molecule has 18 heavy (non-hydrogen) atoms. The van der Waals surface area contributed by atoms with Crippen molar-refractivity contribution in [1.29, 1.82) is 0 Å². The van der Waals surface area contributed by atoms with Crippen molar-refractivity contribution >= 4 is 0 Å². The molecule has 94 valence electrons. The zero-order valence-corrected chi connectivity index (χ0v) is 11.4. The molecule has 2 aromatic carbocycles. The lowest BCUT2D eigenvalue weighted by Crippen LogP contribution is -2.01. The topological polar surface area (TPSA) is 0 Å². The Hall–Kier alpha value is -1.56. The molecule has 0 heterocycles. The molecule has 2 rings (SSSR count). The van der Waals surface area contributed by atoms with Gasteiger partial charge in [0, 0.05) is 0 Å². The van der Waals surface area contributed by atoms with Gasteiger partial charge in [-0.05, 0) is 41.9 Å². The van der Waals surface area contributed by atoms with Crippen LogP contribution in [0.5, 0.6) is 0 Å². The van der Waals surface area contributed by atoms with Crippen molar-refractivity contribution in [2.24, 2.45) is 0 Å². The fourth-order valence-electron chi connectivity index (χ4n) is 2.42. The number of rotatable bonds is 5. The lowest BCUT2D eigenvalue weighted by Gasteiger charge is -2.15. The molecule has 0 aliphatic heterocycles. The molecular formula is C18H22. The van der Waals surface area contributed by atoms with Crippen molar-refractivity contribution in [1.82, 2.24) is 0 Å². The third kappa shape index (κ3) is 3.22. The molecule has 0 aromatic heterocycles. The van der Waals surface area contributed by atoms with Crippen molar-refractivity contribution in [3.8, 4) is 0 Å². The standard InChI is InChI=1S/C18H22/c1-3-15-10-12-16(13-11-15)14-17(4-2)18-8-6-5-7-9-18/h5-13,17H,3-4,14H2,1-2H3. The van der Waals surface area contributed by atoms with Gasteiger partial charge in [-0.1, -0.05) is 68.4 Å². The van der Waals surface area contributed by atoms with E-state index in [1.165, 1.54) is 23.1 Å². The van der Waals surface area contributed by atoms with E-state index in [1.54, 1.807) is 0 Å². The van der Waals surface area contributed by atoms with Gasteiger partial charge in [0.25, 0.3) is 0 Å². The van der Waals surface area contributed by atoms with Crippen LogP contribution >= 0.6 is 0 Å². The summed E-state index contributed by atoms with van der Waals surface area (Å²) in [6, 6.07) is 19.9. The number of aryl methyl sites for hydroxylation is 1. The van der Waals surface area contributed by atoms with E-state index < -0.39 is 0 Å². The monoisotopic (exact) mass is 238 g/mol. The first-order chi connectivity index (χ1) is 8.83. The van der Waals surface area contributed by atoms with Gasteiger partial charge >= 0.3 is 0 Å². The van der Waals surface area contributed by atoms with Crippen LogP contribution in [-0.2, 0) is 12.8 Å². The molecule has 0 N–H and O–H groups in total. The molecule has 0 fully saturated rings. The van der Waals surface area contributed by atoms with Gasteiger partial charge in [0.05, 0.1) is 0 Å². The predicted molar refractivity (Wildman–Crippen MR) is 79.0 cm³/mol. The Labute approximate surface area is 111 Å². The molecule has 2 aromatic rings. The van der Waals surface area contributed by atoms with Crippen LogP contribution in [0.2, 0.25) is 0 Å². The van der Waals surface area contributed by atoms with Gasteiger partial charge in [-0.3, -0.25) is 0 Å². The van der Waals surface area contributed by atoms with Crippen molar-refractivity contribution in [3.63, 3.8) is 0 Å². The Morgan fingerprint density at radius 1 is 0.778 bits per heavy atom. The van der Waals surface area contributed by atoms with Gasteiger partial charge in [-0.15, -0.1) is 0 Å². The van der Waals surface area contributed by atoms with Crippen LogP contribution in [0.25, 0.3) is 0 Å². The van der Waals surface area contributed by atoms with Crippen molar-refractivity contribution < 1.29 is 0 Å². The molecule has 0 aliphatic carbocycles. The van der Waals surface area contributed by atoms with E-state index in [9.17, 15) is 0 Å². The summed E-state index contributed by atoms with van der Waals surface area (Å²) in [5.41, 5.74) is 4.33. The van der Waals surface area contributed by atoms with E-state index in [-0.39, 0.29) is 0 Å². The number of hydrogen-bond acceptors (Lipinski definition) is 0. The van der Waals surface area contributed by atoms with Crippen molar-refractivity contribution in [2.45, 2.75) is 39.0 Å². The summed E-state index contributed by atoms with van der Waals surface area (Å²) in [5.74, 6) is 0.638. The third-order valence-corrected chi connectivity index (χ3v) is 3.68. The zero-order chi connectivity index (χ0) is 12.8. The fraction of sp³-hybridized carbons (Fsp3) is 0.333. The minimum absolute atomic E-state index is 0.638. The molecule has 0 bridgehead atoms. The fourth-order valence-corrected chi connectivity index (χ4v) is 2.42. The largest absolute Gasteiger partial charge is 0.0648 e. The first-order valence-corrected chi connectivity index (χ1v) is 6.96. The third-order valence-electron chi connectivity index (χ3n) is 3.68. The SMILES string of the molecule is CCc1ccc(CC(CC)c2ccccc2)cc1. The summed E-state index contributed by atoms with van der Waals surface area (Å²) in [5, 5.41) is 0. The van der Waals surface area contributed by atoms with Gasteiger partial charge in [0.15, 0.2) is 0 Å². The average Bonchev–Trinajstić information content (AvgIpc) is 2.46. The van der Waals surface area contributed by atoms with Crippen molar-refractivity contribution in [3.05, 3.63) is 71.3 Å². The highest BCUT2D eigenvalue weighted by molar-refractivity contribution is 5.26. The summed E-state index contributed by atoms with van der Waals surface area (Å²) in [6.07, 6.45) is 3.46. The highest BCUT2D eigenvalue weighted by Gasteiger charge is 2.09. The summed E-state index contributed by atoms with van der Waals surface area (Å²) < 4.78 is 0. The van der Waals surface area contributed by atoms with Crippen LogP contribution in [0.1, 0.15) is 42.9 Å². The van der Waals surface area contributed by atoms with Crippen LogP contribution in [0.15, 0.2) is 54.6 Å². The second-order valence-electron chi connectivity index (χ2n) is 4.89. The lowest BCUT2D eigenvalue weighted by molar-refractivity contribution is 0.660. The highest BCUT2D eigenvalue weighted by Crippen LogP contribution is 2.24. The Bertz CT molecular complexity index is 453. The molecule has 0 nitrogen and oxygen atoms in total. The Kier molecular flexibility index (Phi) is 4.58. The second-order valence-corrected chi connectivity index (χ2v) is 4.89. The normalized spacial score (nSPS) is 12.3. The summed E-state index contributed by atoms with van der Waals surface area (Å²) in [6.45, 7) is 4.48. The average molecular weight is 238 g/mol. The molecule has 0 spiro atoms. The maximum Gasteiger partial charge on any atom is -0.0124 e. The first kappa shape index (κ1) is 12.9. The van der Waals surface area contributed by atoms with Crippen molar-refractivity contribution in [2.75, 3.05) is 0 Å². The Morgan fingerprint density at radius 2 is 1.39 bits per heavy atom. The van der Waals surface area contributed by atoms with Crippen LogP contribution in [0.3, 0.4) is 0 Å². The maximum absolute atomic E-state index is 2.28. The summed E-state index contributed by atoms with van der Waals surface area (Å²) in [7, 11) is 0. The van der Waals surface area contributed by atoms with E-state index in [2.05, 4.69) is 68.4 Å². The smallest absolute Gasteiger partial charge is 0.0124 e. The molecule has 1 unspecified atom stereocenters. The minimum Gasteiger partial charge on any atom is -0.0648 e.